The number of aryl methyl sites for hydroxylation is 1. The van der Waals surface area contributed by atoms with Gasteiger partial charge in [-0.2, -0.15) is 0 Å². The zero-order chi connectivity index (χ0) is 25.8. The van der Waals surface area contributed by atoms with Crippen LogP contribution in [0, 0.1) is 6.92 Å². The molecule has 2 aromatic heterocycles. The first kappa shape index (κ1) is 25.0. The van der Waals surface area contributed by atoms with Crippen molar-refractivity contribution in [2.24, 2.45) is 0 Å². The molecule has 2 saturated carbocycles. The number of pyridine rings is 1. The summed E-state index contributed by atoms with van der Waals surface area (Å²) in [6.07, 6.45) is 5.05. The minimum Gasteiger partial charge on any atom is -0.393 e. The summed E-state index contributed by atoms with van der Waals surface area (Å²) in [6.45, 7) is 4.96. The Morgan fingerprint density at radius 3 is 2.56 bits per heavy atom. The van der Waals surface area contributed by atoms with Gasteiger partial charge in [0.05, 0.1) is 17.5 Å². The van der Waals surface area contributed by atoms with Crippen LogP contribution in [0.5, 0.6) is 0 Å². The van der Waals surface area contributed by atoms with Crippen molar-refractivity contribution in [1.82, 2.24) is 20.2 Å². The van der Waals surface area contributed by atoms with Gasteiger partial charge >= 0.3 is 0 Å². The molecule has 5 rings (SSSR count). The number of halogens is 2. The van der Waals surface area contributed by atoms with Crippen LogP contribution in [0.3, 0.4) is 0 Å². The number of carbonyl (C=O) groups excluding carboxylic acids is 2. The van der Waals surface area contributed by atoms with Crippen molar-refractivity contribution < 1.29 is 23.5 Å². The van der Waals surface area contributed by atoms with Crippen LogP contribution in [0.4, 0.5) is 14.6 Å². The third kappa shape index (κ3) is 4.82. The fourth-order valence-electron chi connectivity index (χ4n) is 5.12. The predicted octanol–water partition coefficient (Wildman–Crippen LogP) is 3.99. The molecular weight excluding hydrogens is 488 g/mol. The summed E-state index contributed by atoms with van der Waals surface area (Å²) in [5.41, 5.74) is 1.48. The second-order valence-electron chi connectivity index (χ2n) is 10.8. The summed E-state index contributed by atoms with van der Waals surface area (Å²) in [5.74, 6) is -3.30. The smallest absolute Gasteiger partial charge is 0.280 e. The van der Waals surface area contributed by atoms with Crippen LogP contribution in [-0.4, -0.2) is 68.0 Å². The van der Waals surface area contributed by atoms with Gasteiger partial charge in [-0.05, 0) is 64.5 Å². The summed E-state index contributed by atoms with van der Waals surface area (Å²) >= 11 is 1.05. The lowest BCUT2D eigenvalue weighted by atomic mass is 9.78. The zero-order valence-corrected chi connectivity index (χ0v) is 21.4. The number of thiazole rings is 1. The number of nitrogens with zero attached hydrogens (tertiary/aromatic N) is 3. The largest absolute Gasteiger partial charge is 0.393 e. The lowest BCUT2D eigenvalue weighted by molar-refractivity contribution is 0.0117. The van der Waals surface area contributed by atoms with E-state index in [0.29, 0.717) is 23.3 Å². The van der Waals surface area contributed by atoms with E-state index in [-0.39, 0.29) is 22.3 Å². The van der Waals surface area contributed by atoms with Crippen molar-refractivity contribution in [3.8, 4) is 10.4 Å². The van der Waals surface area contributed by atoms with Crippen LogP contribution < -0.4 is 10.6 Å². The monoisotopic (exact) mass is 519 g/mol. The molecule has 0 aromatic carbocycles. The molecule has 194 valence electrons. The van der Waals surface area contributed by atoms with Crippen LogP contribution in [0.25, 0.3) is 10.4 Å². The highest BCUT2D eigenvalue weighted by atomic mass is 32.1. The number of nitrogens with one attached hydrogen (secondary N) is 2. The Morgan fingerprint density at radius 1 is 1.28 bits per heavy atom. The molecular formula is C25H31F2N5O3S. The lowest BCUT2D eigenvalue weighted by Crippen LogP contribution is -2.46. The third-order valence-electron chi connectivity index (χ3n) is 7.50. The molecule has 3 heterocycles. The second kappa shape index (κ2) is 9.02. The number of aliphatic hydroxyl groups is 1. The Hall–Kier alpha value is -2.66. The zero-order valence-electron chi connectivity index (χ0n) is 20.6. The molecule has 3 aliphatic rings. The van der Waals surface area contributed by atoms with Crippen LogP contribution in [0.2, 0.25) is 0 Å². The normalized spacial score (nSPS) is 26.2. The van der Waals surface area contributed by atoms with Gasteiger partial charge in [-0.15, -0.1) is 11.3 Å². The molecule has 1 aliphatic heterocycles. The minimum atomic E-state index is -2.96. The molecule has 2 amide bonds. The first-order chi connectivity index (χ1) is 16.9. The maximum Gasteiger partial charge on any atom is 0.280 e. The van der Waals surface area contributed by atoms with Gasteiger partial charge in [-0.25, -0.2) is 18.7 Å². The first-order valence-corrected chi connectivity index (χ1v) is 13.2. The molecule has 0 unspecified atom stereocenters. The van der Waals surface area contributed by atoms with E-state index in [2.05, 4.69) is 27.5 Å². The lowest BCUT2D eigenvalue weighted by Gasteiger charge is -2.39. The maximum absolute atomic E-state index is 14.1. The van der Waals surface area contributed by atoms with Gasteiger partial charge in [0.15, 0.2) is 5.01 Å². The number of alkyl halides is 2. The van der Waals surface area contributed by atoms with E-state index in [9.17, 15) is 23.5 Å². The second-order valence-corrected chi connectivity index (χ2v) is 11.8. The Labute approximate surface area is 212 Å². The molecule has 36 heavy (non-hydrogen) atoms. The van der Waals surface area contributed by atoms with E-state index in [1.54, 1.807) is 13.1 Å². The molecule has 0 bridgehead atoms. The number of likely N-dealkylation sites (tertiary alicyclic amines) is 1. The van der Waals surface area contributed by atoms with E-state index < -0.39 is 42.8 Å². The van der Waals surface area contributed by atoms with Crippen molar-refractivity contribution in [3.63, 3.8) is 0 Å². The van der Waals surface area contributed by atoms with Crippen molar-refractivity contribution in [2.75, 3.05) is 11.9 Å². The van der Waals surface area contributed by atoms with Crippen molar-refractivity contribution in [1.29, 1.82) is 0 Å². The highest BCUT2D eigenvalue weighted by molar-refractivity contribution is 7.17. The number of rotatable bonds is 6. The Kier molecular flexibility index (Phi) is 6.27. The number of amides is 2. The number of hydrogen-bond donors (Lipinski definition) is 3. The maximum atomic E-state index is 14.1. The standard InChI is InChI=1S/C25H31F2N5O3S/c1-13-7-18(31-24(3)5-4-6-24)28-11-17(13)20-19(23(35)32-12-25(26,27)10-14(32)2)30-22(36-20)21(34)29-15-8-16(33)9-15/h7,11,14-16,33H,4-6,8-10,12H2,1-3H3,(H,28,31)(H,29,34)/t14-,15?,16?/m0/s1. The Morgan fingerprint density at radius 2 is 2.00 bits per heavy atom. The first-order valence-electron chi connectivity index (χ1n) is 12.4. The number of hydrogen-bond acceptors (Lipinski definition) is 7. The number of carbonyl (C=O) groups is 2. The van der Waals surface area contributed by atoms with Gasteiger partial charge in [-0.3, -0.25) is 9.59 Å². The van der Waals surface area contributed by atoms with Crippen LogP contribution in [-0.2, 0) is 0 Å². The molecule has 0 spiro atoms. The molecule has 8 nitrogen and oxygen atoms in total. The molecule has 2 aliphatic carbocycles. The van der Waals surface area contributed by atoms with E-state index >= 15 is 0 Å². The molecule has 0 radical (unpaired) electrons. The number of aliphatic hydroxyl groups excluding tert-OH is 1. The minimum absolute atomic E-state index is 0.0140. The predicted molar refractivity (Wildman–Crippen MR) is 133 cm³/mol. The Balaban J connectivity index is 1.47. The fraction of sp³-hybridized carbons (Fsp3) is 0.600. The van der Waals surface area contributed by atoms with Gasteiger partial charge in [0, 0.05) is 35.8 Å². The average Bonchev–Trinajstić information content (AvgIpc) is 3.31. The van der Waals surface area contributed by atoms with E-state index in [0.717, 1.165) is 40.5 Å². The van der Waals surface area contributed by atoms with Gasteiger partial charge in [0.1, 0.15) is 11.5 Å². The average molecular weight is 520 g/mol. The molecule has 3 fully saturated rings. The van der Waals surface area contributed by atoms with Crippen molar-refractivity contribution >= 4 is 29.0 Å². The highest BCUT2D eigenvalue weighted by Crippen LogP contribution is 2.39. The van der Waals surface area contributed by atoms with E-state index in [4.69, 9.17) is 0 Å². The van der Waals surface area contributed by atoms with Gasteiger partial charge in [-0.1, -0.05) is 0 Å². The number of anilines is 1. The SMILES string of the molecule is Cc1cc(NC2(C)CCC2)ncc1-c1sc(C(=O)NC2CC(O)C2)nc1C(=O)N1CC(F)(F)C[C@@H]1C. The summed E-state index contributed by atoms with van der Waals surface area (Å²) in [5, 5.41) is 15.9. The quantitative estimate of drug-likeness (QED) is 0.533. The van der Waals surface area contributed by atoms with Crippen LogP contribution in [0.1, 0.15) is 78.2 Å². The van der Waals surface area contributed by atoms with Crippen molar-refractivity contribution in [2.45, 2.75) is 88.9 Å². The third-order valence-corrected chi connectivity index (χ3v) is 8.59. The topological polar surface area (TPSA) is 107 Å². The molecule has 1 saturated heterocycles. The van der Waals surface area contributed by atoms with Crippen molar-refractivity contribution in [3.05, 3.63) is 28.5 Å². The Bertz CT molecular complexity index is 1190. The van der Waals surface area contributed by atoms with Gasteiger partial charge in [0.2, 0.25) is 0 Å². The van der Waals surface area contributed by atoms with Gasteiger partial charge < -0.3 is 20.6 Å². The molecule has 2 aromatic rings. The molecule has 1 atom stereocenters. The summed E-state index contributed by atoms with van der Waals surface area (Å²) in [4.78, 5) is 36.8. The van der Waals surface area contributed by atoms with Crippen LogP contribution in [0.15, 0.2) is 12.3 Å². The van der Waals surface area contributed by atoms with Gasteiger partial charge in [0.25, 0.3) is 17.7 Å². The summed E-state index contributed by atoms with van der Waals surface area (Å²) in [7, 11) is 0. The molecule has 3 N–H and O–H groups in total. The van der Waals surface area contributed by atoms with E-state index in [1.807, 2.05) is 13.0 Å². The summed E-state index contributed by atoms with van der Waals surface area (Å²) in [6, 6.07) is 1.09. The highest BCUT2D eigenvalue weighted by Gasteiger charge is 2.46. The fourth-order valence-corrected chi connectivity index (χ4v) is 6.16. The van der Waals surface area contributed by atoms with E-state index in [1.165, 1.54) is 6.42 Å². The van der Waals surface area contributed by atoms with Crippen LogP contribution >= 0.6 is 11.3 Å². The summed E-state index contributed by atoms with van der Waals surface area (Å²) < 4.78 is 28.1. The number of aromatic nitrogens is 2. The molecule has 11 heteroatoms.